The Labute approximate surface area is 181 Å². The van der Waals surface area contributed by atoms with E-state index in [-0.39, 0.29) is 24.2 Å². The molecule has 162 valence electrons. The SMILES string of the molecule is CC(C)CCNC(=O)C1(C)Cn2c(cc3ccccc32)C(=O)N1Cc1ccc(F)cc1. The van der Waals surface area contributed by atoms with E-state index in [2.05, 4.69) is 19.2 Å². The first kappa shape index (κ1) is 21.1. The molecule has 3 aromatic rings. The van der Waals surface area contributed by atoms with Crippen molar-refractivity contribution in [3.8, 4) is 0 Å². The lowest BCUT2D eigenvalue weighted by Crippen LogP contribution is -2.63. The maximum Gasteiger partial charge on any atom is 0.271 e. The number of nitrogens with one attached hydrogen (secondary N) is 1. The number of aromatic nitrogens is 1. The third-order valence-electron chi connectivity index (χ3n) is 6.09. The van der Waals surface area contributed by atoms with Crippen LogP contribution in [0.1, 0.15) is 43.2 Å². The number of hydrogen-bond acceptors (Lipinski definition) is 2. The first-order valence-corrected chi connectivity index (χ1v) is 10.7. The van der Waals surface area contributed by atoms with E-state index in [1.54, 1.807) is 17.0 Å². The van der Waals surface area contributed by atoms with Crippen molar-refractivity contribution in [3.05, 3.63) is 71.7 Å². The monoisotopic (exact) mass is 421 g/mol. The molecule has 2 heterocycles. The predicted molar refractivity (Wildman–Crippen MR) is 119 cm³/mol. The van der Waals surface area contributed by atoms with Crippen molar-refractivity contribution in [3.63, 3.8) is 0 Å². The molecule has 1 unspecified atom stereocenters. The van der Waals surface area contributed by atoms with Crippen molar-refractivity contribution in [1.82, 2.24) is 14.8 Å². The van der Waals surface area contributed by atoms with Crippen LogP contribution < -0.4 is 5.32 Å². The molecule has 5 nitrogen and oxygen atoms in total. The van der Waals surface area contributed by atoms with Crippen LogP contribution in [0, 0.1) is 11.7 Å². The van der Waals surface area contributed by atoms with Crippen molar-refractivity contribution in [2.24, 2.45) is 5.92 Å². The Bertz CT molecular complexity index is 1120. The number of carbonyl (C=O) groups is 2. The second kappa shape index (κ2) is 8.17. The lowest BCUT2D eigenvalue weighted by Gasteiger charge is -2.44. The Kier molecular flexibility index (Phi) is 5.56. The fraction of sp³-hybridized carbons (Fsp3) is 0.360. The van der Waals surface area contributed by atoms with Gasteiger partial charge in [-0.05, 0) is 49.1 Å². The molecule has 1 aromatic heterocycles. The van der Waals surface area contributed by atoms with Crippen molar-refractivity contribution in [1.29, 1.82) is 0 Å². The fourth-order valence-corrected chi connectivity index (χ4v) is 4.19. The number of hydrogen-bond donors (Lipinski definition) is 1. The molecule has 4 rings (SSSR count). The summed E-state index contributed by atoms with van der Waals surface area (Å²) >= 11 is 0. The number of carbonyl (C=O) groups excluding carboxylic acids is 2. The van der Waals surface area contributed by atoms with Crippen LogP contribution in [-0.4, -0.2) is 33.4 Å². The summed E-state index contributed by atoms with van der Waals surface area (Å²) in [5.41, 5.74) is 1.21. The van der Waals surface area contributed by atoms with Crippen molar-refractivity contribution in [2.75, 3.05) is 6.54 Å². The standard InChI is InChI=1S/C25H28FN3O2/c1-17(2)12-13-27-24(31)25(3)16-28-21-7-5-4-6-19(21)14-22(28)23(30)29(25)15-18-8-10-20(26)11-9-18/h4-11,14,17H,12-13,15-16H2,1-3H3,(H,27,31). The van der Waals surface area contributed by atoms with Gasteiger partial charge >= 0.3 is 0 Å². The molecule has 6 heteroatoms. The summed E-state index contributed by atoms with van der Waals surface area (Å²) in [4.78, 5) is 28.6. The van der Waals surface area contributed by atoms with E-state index in [1.165, 1.54) is 12.1 Å². The average Bonchev–Trinajstić information content (AvgIpc) is 3.10. The minimum atomic E-state index is -1.07. The molecule has 0 saturated heterocycles. The minimum Gasteiger partial charge on any atom is -0.354 e. The smallest absolute Gasteiger partial charge is 0.271 e. The third-order valence-corrected chi connectivity index (χ3v) is 6.09. The number of rotatable bonds is 6. The van der Waals surface area contributed by atoms with E-state index in [4.69, 9.17) is 0 Å². The van der Waals surface area contributed by atoms with Gasteiger partial charge in [-0.3, -0.25) is 9.59 Å². The van der Waals surface area contributed by atoms with Crippen LogP contribution >= 0.6 is 0 Å². The normalized spacial score (nSPS) is 18.5. The Balaban J connectivity index is 1.73. The van der Waals surface area contributed by atoms with Gasteiger partial charge in [0, 0.05) is 24.0 Å². The first-order chi connectivity index (χ1) is 14.8. The predicted octanol–water partition coefficient (Wildman–Crippen LogP) is 4.36. The van der Waals surface area contributed by atoms with Gasteiger partial charge in [0.1, 0.15) is 17.1 Å². The second-order valence-electron chi connectivity index (χ2n) is 8.90. The molecule has 31 heavy (non-hydrogen) atoms. The van der Waals surface area contributed by atoms with Crippen LogP contribution in [0.4, 0.5) is 4.39 Å². The van der Waals surface area contributed by atoms with Crippen molar-refractivity contribution >= 4 is 22.7 Å². The summed E-state index contributed by atoms with van der Waals surface area (Å²) in [5.74, 6) is -0.236. The molecule has 2 amide bonds. The van der Waals surface area contributed by atoms with Crippen LogP contribution in [0.5, 0.6) is 0 Å². The number of halogens is 1. The zero-order valence-corrected chi connectivity index (χ0v) is 18.2. The Morgan fingerprint density at radius 3 is 2.58 bits per heavy atom. The van der Waals surface area contributed by atoms with Gasteiger partial charge in [-0.25, -0.2) is 4.39 Å². The van der Waals surface area contributed by atoms with Gasteiger partial charge in [0.25, 0.3) is 5.91 Å². The molecule has 2 aromatic carbocycles. The summed E-state index contributed by atoms with van der Waals surface area (Å²) in [5, 5.41) is 4.00. The summed E-state index contributed by atoms with van der Waals surface area (Å²) in [7, 11) is 0. The molecule has 1 aliphatic heterocycles. The molecular formula is C25H28FN3O2. The Morgan fingerprint density at radius 2 is 1.87 bits per heavy atom. The molecular weight excluding hydrogens is 393 g/mol. The number of nitrogens with zero attached hydrogens (tertiary/aromatic N) is 2. The van der Waals surface area contributed by atoms with Crippen LogP contribution in [0.2, 0.25) is 0 Å². The van der Waals surface area contributed by atoms with Crippen molar-refractivity contribution < 1.29 is 14.0 Å². The summed E-state index contributed by atoms with van der Waals surface area (Å²) in [6.45, 7) is 7.18. The molecule has 0 spiro atoms. The lowest BCUT2D eigenvalue weighted by molar-refractivity contribution is -0.133. The quantitative estimate of drug-likeness (QED) is 0.643. The number of para-hydroxylation sites is 1. The topological polar surface area (TPSA) is 54.3 Å². The zero-order valence-electron chi connectivity index (χ0n) is 18.2. The maximum atomic E-state index is 13.6. The largest absolute Gasteiger partial charge is 0.354 e. The summed E-state index contributed by atoms with van der Waals surface area (Å²) < 4.78 is 15.3. The van der Waals surface area contributed by atoms with Crippen molar-refractivity contribution in [2.45, 2.75) is 45.8 Å². The first-order valence-electron chi connectivity index (χ1n) is 10.7. The fourth-order valence-electron chi connectivity index (χ4n) is 4.19. The second-order valence-corrected chi connectivity index (χ2v) is 8.90. The van der Waals surface area contributed by atoms with Gasteiger partial charge in [-0.2, -0.15) is 0 Å². The zero-order chi connectivity index (χ0) is 22.2. The average molecular weight is 422 g/mol. The highest BCUT2D eigenvalue weighted by Gasteiger charge is 2.47. The van der Waals surface area contributed by atoms with Crippen LogP contribution in [0.15, 0.2) is 54.6 Å². The molecule has 0 fully saturated rings. The van der Waals surface area contributed by atoms with E-state index in [9.17, 15) is 14.0 Å². The number of amides is 2. The van der Waals surface area contributed by atoms with Crippen LogP contribution in [0.25, 0.3) is 10.9 Å². The number of benzene rings is 2. The molecule has 0 aliphatic carbocycles. The van der Waals surface area contributed by atoms with Gasteiger partial charge < -0.3 is 14.8 Å². The van der Waals surface area contributed by atoms with Gasteiger partial charge in [0.05, 0.1) is 6.54 Å². The summed E-state index contributed by atoms with van der Waals surface area (Å²) in [6, 6.07) is 15.8. The van der Waals surface area contributed by atoms with Crippen LogP contribution in [-0.2, 0) is 17.9 Å². The summed E-state index contributed by atoms with van der Waals surface area (Å²) in [6.07, 6.45) is 0.866. The van der Waals surface area contributed by atoms with E-state index in [0.29, 0.717) is 24.7 Å². The lowest BCUT2D eigenvalue weighted by atomic mass is 9.93. The molecule has 0 bridgehead atoms. The van der Waals surface area contributed by atoms with Gasteiger partial charge in [-0.15, -0.1) is 0 Å². The molecule has 1 atom stereocenters. The van der Waals surface area contributed by atoms with Gasteiger partial charge in [0.15, 0.2) is 0 Å². The maximum absolute atomic E-state index is 13.6. The molecule has 0 radical (unpaired) electrons. The highest BCUT2D eigenvalue weighted by molar-refractivity contribution is 6.03. The molecule has 1 aliphatic rings. The van der Waals surface area contributed by atoms with Crippen LogP contribution in [0.3, 0.4) is 0 Å². The third kappa shape index (κ3) is 3.94. The number of fused-ring (bicyclic) bond motifs is 3. The Morgan fingerprint density at radius 1 is 1.16 bits per heavy atom. The van der Waals surface area contributed by atoms with Gasteiger partial charge in [-0.1, -0.05) is 44.2 Å². The molecule has 1 N–H and O–H groups in total. The minimum absolute atomic E-state index is 0.174. The highest BCUT2D eigenvalue weighted by Crippen LogP contribution is 2.33. The van der Waals surface area contributed by atoms with E-state index < -0.39 is 5.54 Å². The molecule has 0 saturated carbocycles. The Hall–Kier alpha value is -3.15. The van der Waals surface area contributed by atoms with Gasteiger partial charge in [0.2, 0.25) is 5.91 Å². The van der Waals surface area contributed by atoms with E-state index in [0.717, 1.165) is 22.9 Å². The highest BCUT2D eigenvalue weighted by atomic mass is 19.1. The van der Waals surface area contributed by atoms with E-state index >= 15 is 0 Å². The van der Waals surface area contributed by atoms with E-state index in [1.807, 2.05) is 41.8 Å².